The fourth-order valence-corrected chi connectivity index (χ4v) is 6.56. The van der Waals surface area contributed by atoms with Gasteiger partial charge in [-0.1, -0.05) is 12.1 Å². The molecule has 2 aromatic carbocycles. The van der Waals surface area contributed by atoms with Gasteiger partial charge in [0.2, 0.25) is 0 Å². The summed E-state index contributed by atoms with van der Waals surface area (Å²) in [5.74, 6) is 0.146. The Kier molecular flexibility index (Phi) is 6.99. The van der Waals surface area contributed by atoms with Gasteiger partial charge in [0.25, 0.3) is 5.91 Å². The van der Waals surface area contributed by atoms with E-state index in [0.717, 1.165) is 30.3 Å². The van der Waals surface area contributed by atoms with Crippen LogP contribution in [-0.4, -0.2) is 55.5 Å². The number of rotatable bonds is 7. The highest BCUT2D eigenvalue weighted by molar-refractivity contribution is 6.10. The van der Waals surface area contributed by atoms with Crippen LogP contribution < -0.4 is 4.90 Å². The lowest BCUT2D eigenvalue weighted by Gasteiger charge is -2.46. The van der Waals surface area contributed by atoms with Gasteiger partial charge in [0.05, 0.1) is 18.7 Å². The first-order valence-electron chi connectivity index (χ1n) is 14.0. The first-order chi connectivity index (χ1) is 20.0. The van der Waals surface area contributed by atoms with Crippen molar-refractivity contribution in [1.82, 2.24) is 19.7 Å². The summed E-state index contributed by atoms with van der Waals surface area (Å²) < 4.78 is 50.5. The Hall–Kier alpha value is -3.93. The normalized spacial score (nSPS) is 20.4. The first-order valence-corrected chi connectivity index (χ1v) is 14.0. The van der Waals surface area contributed by atoms with E-state index in [4.69, 9.17) is 4.74 Å². The van der Waals surface area contributed by atoms with E-state index in [2.05, 4.69) is 10.2 Å². The third-order valence-corrected chi connectivity index (χ3v) is 9.06. The fraction of sp³-hybridized carbons (Fsp3) is 0.467. The van der Waals surface area contributed by atoms with Crippen LogP contribution >= 0.6 is 0 Å². The van der Waals surface area contributed by atoms with Crippen molar-refractivity contribution in [2.75, 3.05) is 18.1 Å². The number of carbonyl (C=O) groups is 2. The fourth-order valence-electron chi connectivity index (χ4n) is 6.56. The molecule has 12 heteroatoms. The van der Waals surface area contributed by atoms with Crippen molar-refractivity contribution in [1.29, 1.82) is 0 Å². The minimum Gasteiger partial charge on any atom is -0.465 e. The molecule has 1 N–H and O–H groups in total. The Balaban J connectivity index is 1.36. The number of benzene rings is 2. The summed E-state index contributed by atoms with van der Waals surface area (Å²) in [6.45, 7) is 2.50. The van der Waals surface area contributed by atoms with Gasteiger partial charge in [-0.3, -0.25) is 9.69 Å². The predicted molar refractivity (Wildman–Crippen MR) is 146 cm³/mol. The van der Waals surface area contributed by atoms with Gasteiger partial charge in [-0.15, -0.1) is 10.2 Å². The molecule has 0 spiro atoms. The Morgan fingerprint density at radius 2 is 2.05 bits per heavy atom. The van der Waals surface area contributed by atoms with Gasteiger partial charge >= 0.3 is 12.3 Å². The number of fused-ring (bicyclic) bond motifs is 1. The van der Waals surface area contributed by atoms with Crippen LogP contribution in [0.25, 0.3) is 0 Å². The third-order valence-electron chi connectivity index (χ3n) is 9.06. The van der Waals surface area contributed by atoms with Gasteiger partial charge in [-0.05, 0) is 79.5 Å². The number of nitrogens with zero attached hydrogens (tertiary/aromatic N) is 5. The molecule has 2 atom stereocenters. The molecule has 2 amide bonds. The summed E-state index contributed by atoms with van der Waals surface area (Å²) in [5, 5.41) is 18.2. The maximum absolute atomic E-state index is 14.3. The van der Waals surface area contributed by atoms with Crippen molar-refractivity contribution >= 4 is 17.7 Å². The number of ether oxygens (including phenoxy) is 1. The minimum absolute atomic E-state index is 0.0524. The summed E-state index contributed by atoms with van der Waals surface area (Å²) in [4.78, 5) is 28.3. The van der Waals surface area contributed by atoms with E-state index >= 15 is 0 Å². The van der Waals surface area contributed by atoms with Gasteiger partial charge < -0.3 is 19.3 Å². The number of aromatic nitrogens is 3. The first kappa shape index (κ1) is 28.2. The molecule has 0 radical (unpaired) electrons. The molecule has 3 heterocycles. The highest BCUT2D eigenvalue weighted by atomic mass is 19.4. The van der Waals surface area contributed by atoms with Crippen LogP contribution in [0.5, 0.6) is 0 Å². The number of amides is 2. The molecule has 0 bridgehead atoms. The Morgan fingerprint density at radius 3 is 2.64 bits per heavy atom. The largest absolute Gasteiger partial charge is 0.465 e. The van der Waals surface area contributed by atoms with Crippen LogP contribution in [0.3, 0.4) is 0 Å². The molecule has 1 saturated carbocycles. The summed E-state index contributed by atoms with van der Waals surface area (Å²) in [6, 6.07) is 9.68. The van der Waals surface area contributed by atoms with Gasteiger partial charge in [-0.25, -0.2) is 4.79 Å². The molecule has 2 fully saturated rings. The molecular formula is C30H32F3N5O4. The predicted octanol–water partition coefficient (Wildman–Crippen LogP) is 5.59. The van der Waals surface area contributed by atoms with Crippen LogP contribution in [0.4, 0.5) is 23.7 Å². The molecule has 2 unspecified atom stereocenters. The van der Waals surface area contributed by atoms with Gasteiger partial charge in [0.15, 0.2) is 0 Å². The van der Waals surface area contributed by atoms with E-state index in [1.54, 1.807) is 25.4 Å². The van der Waals surface area contributed by atoms with E-state index in [0.29, 0.717) is 31.7 Å². The lowest BCUT2D eigenvalue weighted by molar-refractivity contribution is -0.138. The molecule has 3 aromatic rings. The Labute approximate surface area is 240 Å². The summed E-state index contributed by atoms with van der Waals surface area (Å²) in [6.07, 6.45) is -1.33. The zero-order chi connectivity index (χ0) is 29.8. The molecule has 42 heavy (non-hydrogen) atoms. The monoisotopic (exact) mass is 583 g/mol. The van der Waals surface area contributed by atoms with Crippen LogP contribution in [0.1, 0.15) is 77.0 Å². The van der Waals surface area contributed by atoms with E-state index in [1.165, 1.54) is 15.9 Å². The topological polar surface area (TPSA) is 101 Å². The number of hydrogen-bond donors (Lipinski definition) is 1. The molecule has 6 rings (SSSR count). The molecule has 1 saturated heterocycles. The summed E-state index contributed by atoms with van der Waals surface area (Å²) in [7, 11) is 1.86. The molecule has 1 aliphatic carbocycles. The van der Waals surface area contributed by atoms with Crippen LogP contribution in [0, 0.1) is 5.92 Å². The smallest absolute Gasteiger partial charge is 0.416 e. The van der Waals surface area contributed by atoms with E-state index in [-0.39, 0.29) is 41.6 Å². The van der Waals surface area contributed by atoms with Crippen molar-refractivity contribution < 1.29 is 32.6 Å². The van der Waals surface area contributed by atoms with Gasteiger partial charge in [0, 0.05) is 42.9 Å². The second-order valence-electron chi connectivity index (χ2n) is 11.8. The van der Waals surface area contributed by atoms with E-state index in [9.17, 15) is 27.9 Å². The molecule has 9 nitrogen and oxygen atoms in total. The van der Waals surface area contributed by atoms with Crippen LogP contribution in [0.15, 0.2) is 42.7 Å². The summed E-state index contributed by atoms with van der Waals surface area (Å²) in [5.41, 5.74) is -0.219. The average Bonchev–Trinajstić information content (AvgIpc) is 3.67. The van der Waals surface area contributed by atoms with Crippen molar-refractivity contribution in [3.8, 4) is 0 Å². The van der Waals surface area contributed by atoms with Crippen molar-refractivity contribution in [3.63, 3.8) is 0 Å². The van der Waals surface area contributed by atoms with Gasteiger partial charge in [0.1, 0.15) is 12.2 Å². The zero-order valence-electron chi connectivity index (χ0n) is 23.4. The Bertz CT molecular complexity index is 1530. The standard InChI is InChI=1S/C30H32F3N5O4/c1-29(8-4-9-29)38(28(40)41)14-18-11-22-23(24(12-18)30(31,32)33)15-37(27(22)39)21-6-3-5-19(13-21)25(20-7-10-42-16-20)26-35-34-17-36(26)2/h3,5-6,11-13,17,20,25H,4,7-10,14-16H2,1-2H3,(H,40,41). The summed E-state index contributed by atoms with van der Waals surface area (Å²) >= 11 is 0. The number of carboxylic acid groups (broad SMARTS) is 1. The van der Waals surface area contributed by atoms with Crippen molar-refractivity contribution in [3.05, 3.63) is 76.4 Å². The second kappa shape index (κ2) is 10.4. The molecule has 3 aliphatic rings. The molecular weight excluding hydrogens is 551 g/mol. The SMILES string of the molecule is Cn1cnnc1C(c1cccc(N2Cc3c(cc(CN(C(=O)O)C4(C)CCC4)cc3C(F)(F)F)C2=O)c1)C1CCOC1. The van der Waals surface area contributed by atoms with Crippen LogP contribution in [-0.2, 0) is 31.1 Å². The van der Waals surface area contributed by atoms with Gasteiger partial charge in [-0.2, -0.15) is 13.2 Å². The minimum atomic E-state index is -4.72. The highest BCUT2D eigenvalue weighted by Gasteiger charge is 2.43. The van der Waals surface area contributed by atoms with E-state index in [1.807, 2.05) is 23.7 Å². The van der Waals surface area contributed by atoms with Crippen molar-refractivity contribution in [2.24, 2.45) is 13.0 Å². The molecule has 2 aliphatic heterocycles. The number of halogens is 3. The second-order valence-corrected chi connectivity index (χ2v) is 11.8. The zero-order valence-corrected chi connectivity index (χ0v) is 23.4. The lowest BCUT2D eigenvalue weighted by Crippen LogP contribution is -2.53. The highest BCUT2D eigenvalue weighted by Crippen LogP contribution is 2.43. The molecule has 1 aromatic heterocycles. The molecule has 222 valence electrons. The number of carbonyl (C=O) groups excluding carboxylic acids is 1. The van der Waals surface area contributed by atoms with E-state index < -0.39 is 29.3 Å². The average molecular weight is 584 g/mol. The van der Waals surface area contributed by atoms with Crippen LogP contribution in [0.2, 0.25) is 0 Å². The lowest BCUT2D eigenvalue weighted by atomic mass is 9.77. The Morgan fingerprint density at radius 1 is 1.26 bits per heavy atom. The number of anilines is 1. The number of hydrogen-bond acceptors (Lipinski definition) is 5. The maximum atomic E-state index is 14.3. The number of alkyl halides is 3. The quantitative estimate of drug-likeness (QED) is 0.390. The van der Waals surface area contributed by atoms with Crippen molar-refractivity contribution in [2.45, 2.75) is 63.3 Å². The maximum Gasteiger partial charge on any atom is 0.416 e. The number of aryl methyl sites for hydroxylation is 1. The third kappa shape index (κ3) is 4.91.